The fraction of sp³-hybridized carbons (Fsp3) is 0.231. The standard InChI is InChI=1S/C13H14N2O2S/c1-8-12(18-7-14-8)9(2)15-11-5-3-4-10(6-11)13(16)17/h3-7,9,15H,1-2H3,(H,16,17). The zero-order valence-corrected chi connectivity index (χ0v) is 11.0. The molecule has 2 aromatic rings. The molecule has 0 amide bonds. The number of aromatic carboxylic acids is 1. The van der Waals surface area contributed by atoms with E-state index in [9.17, 15) is 4.79 Å². The molecule has 1 aromatic carbocycles. The van der Waals surface area contributed by atoms with Gasteiger partial charge in [-0.3, -0.25) is 0 Å². The zero-order valence-electron chi connectivity index (χ0n) is 10.2. The Morgan fingerprint density at radius 1 is 1.50 bits per heavy atom. The summed E-state index contributed by atoms with van der Waals surface area (Å²) in [6.45, 7) is 4.01. The number of carbonyl (C=O) groups is 1. The quantitative estimate of drug-likeness (QED) is 0.887. The first kappa shape index (κ1) is 12.6. The summed E-state index contributed by atoms with van der Waals surface area (Å²) in [5.41, 5.74) is 3.91. The summed E-state index contributed by atoms with van der Waals surface area (Å²) in [5, 5.41) is 12.2. The van der Waals surface area contributed by atoms with Crippen LogP contribution in [-0.4, -0.2) is 16.1 Å². The Labute approximate surface area is 109 Å². The second-order valence-corrected chi connectivity index (χ2v) is 4.94. The summed E-state index contributed by atoms with van der Waals surface area (Å²) >= 11 is 1.60. The van der Waals surface area contributed by atoms with Crippen molar-refractivity contribution in [1.29, 1.82) is 0 Å². The van der Waals surface area contributed by atoms with E-state index in [2.05, 4.69) is 10.3 Å². The van der Waals surface area contributed by atoms with Gasteiger partial charge in [0.25, 0.3) is 0 Å². The van der Waals surface area contributed by atoms with Crippen LogP contribution in [0, 0.1) is 6.92 Å². The van der Waals surface area contributed by atoms with Gasteiger partial charge in [-0.15, -0.1) is 11.3 Å². The van der Waals surface area contributed by atoms with Crippen LogP contribution >= 0.6 is 11.3 Å². The Morgan fingerprint density at radius 2 is 2.28 bits per heavy atom. The van der Waals surface area contributed by atoms with Crippen molar-refractivity contribution in [3.8, 4) is 0 Å². The summed E-state index contributed by atoms with van der Waals surface area (Å²) in [6.07, 6.45) is 0. The van der Waals surface area contributed by atoms with Crippen molar-refractivity contribution in [2.24, 2.45) is 0 Å². The van der Waals surface area contributed by atoms with Crippen molar-refractivity contribution >= 4 is 23.0 Å². The molecule has 0 radical (unpaired) electrons. The number of aromatic nitrogens is 1. The number of thiazole rings is 1. The number of anilines is 1. The molecule has 1 heterocycles. The Hall–Kier alpha value is -1.88. The lowest BCUT2D eigenvalue weighted by molar-refractivity contribution is 0.0697. The highest BCUT2D eigenvalue weighted by Crippen LogP contribution is 2.25. The van der Waals surface area contributed by atoms with E-state index in [0.29, 0.717) is 0 Å². The number of aryl methyl sites for hydroxylation is 1. The van der Waals surface area contributed by atoms with Crippen LogP contribution in [-0.2, 0) is 0 Å². The topological polar surface area (TPSA) is 62.2 Å². The average Bonchev–Trinajstić information content (AvgIpc) is 2.76. The number of nitrogens with zero attached hydrogens (tertiary/aromatic N) is 1. The summed E-state index contributed by atoms with van der Waals surface area (Å²) in [5.74, 6) is -0.916. The number of carboxylic acids is 1. The largest absolute Gasteiger partial charge is 0.478 e. The third-order valence-corrected chi connectivity index (χ3v) is 3.78. The van der Waals surface area contributed by atoms with Crippen LogP contribution in [0.5, 0.6) is 0 Å². The maximum absolute atomic E-state index is 10.9. The lowest BCUT2D eigenvalue weighted by Crippen LogP contribution is -2.07. The zero-order chi connectivity index (χ0) is 13.1. The summed E-state index contributed by atoms with van der Waals surface area (Å²) in [7, 11) is 0. The predicted molar refractivity (Wildman–Crippen MR) is 72.3 cm³/mol. The lowest BCUT2D eigenvalue weighted by Gasteiger charge is -2.14. The van der Waals surface area contributed by atoms with Crippen LogP contribution in [0.3, 0.4) is 0 Å². The van der Waals surface area contributed by atoms with Crippen molar-refractivity contribution in [2.75, 3.05) is 5.32 Å². The first-order valence-corrected chi connectivity index (χ1v) is 6.46. The van der Waals surface area contributed by atoms with E-state index in [0.717, 1.165) is 16.3 Å². The summed E-state index contributed by atoms with van der Waals surface area (Å²) in [6, 6.07) is 6.92. The van der Waals surface area contributed by atoms with Crippen molar-refractivity contribution in [1.82, 2.24) is 4.98 Å². The van der Waals surface area contributed by atoms with Gasteiger partial charge >= 0.3 is 5.97 Å². The normalized spacial score (nSPS) is 12.1. The van der Waals surface area contributed by atoms with Crippen LogP contribution in [0.2, 0.25) is 0 Å². The van der Waals surface area contributed by atoms with Gasteiger partial charge < -0.3 is 10.4 Å². The van der Waals surface area contributed by atoms with Crippen molar-refractivity contribution < 1.29 is 9.90 Å². The van der Waals surface area contributed by atoms with E-state index < -0.39 is 5.97 Å². The highest BCUT2D eigenvalue weighted by molar-refractivity contribution is 7.09. The van der Waals surface area contributed by atoms with E-state index in [-0.39, 0.29) is 11.6 Å². The van der Waals surface area contributed by atoms with Crippen LogP contribution in [0.15, 0.2) is 29.8 Å². The highest BCUT2D eigenvalue weighted by Gasteiger charge is 2.11. The molecule has 18 heavy (non-hydrogen) atoms. The van der Waals surface area contributed by atoms with Crippen molar-refractivity contribution in [3.05, 3.63) is 45.9 Å². The number of hydrogen-bond acceptors (Lipinski definition) is 4. The second kappa shape index (κ2) is 5.18. The third kappa shape index (κ3) is 2.68. The molecule has 0 aliphatic heterocycles. The van der Waals surface area contributed by atoms with Gasteiger partial charge in [0, 0.05) is 10.6 Å². The Balaban J connectivity index is 2.17. The number of rotatable bonds is 4. The number of hydrogen-bond donors (Lipinski definition) is 2. The number of carboxylic acid groups (broad SMARTS) is 1. The fourth-order valence-corrected chi connectivity index (χ4v) is 2.59. The Morgan fingerprint density at radius 3 is 2.89 bits per heavy atom. The van der Waals surface area contributed by atoms with Crippen molar-refractivity contribution in [3.63, 3.8) is 0 Å². The molecule has 0 aliphatic rings. The maximum Gasteiger partial charge on any atom is 0.335 e. The van der Waals surface area contributed by atoms with Gasteiger partial charge in [-0.25, -0.2) is 9.78 Å². The van der Waals surface area contributed by atoms with Crippen LogP contribution in [0.25, 0.3) is 0 Å². The molecule has 1 unspecified atom stereocenters. The maximum atomic E-state index is 10.9. The molecule has 0 bridgehead atoms. The minimum absolute atomic E-state index is 0.113. The molecule has 0 spiro atoms. The molecule has 2 N–H and O–H groups in total. The van der Waals surface area contributed by atoms with E-state index >= 15 is 0 Å². The molecular weight excluding hydrogens is 248 g/mol. The highest BCUT2D eigenvalue weighted by atomic mass is 32.1. The van der Waals surface area contributed by atoms with Gasteiger partial charge in [-0.05, 0) is 32.0 Å². The average molecular weight is 262 g/mol. The van der Waals surface area contributed by atoms with Gasteiger partial charge in [-0.2, -0.15) is 0 Å². The molecule has 1 atom stereocenters. The molecule has 2 rings (SSSR count). The SMILES string of the molecule is Cc1ncsc1C(C)Nc1cccc(C(=O)O)c1. The summed E-state index contributed by atoms with van der Waals surface area (Å²) < 4.78 is 0. The molecule has 0 saturated carbocycles. The number of benzene rings is 1. The fourth-order valence-electron chi connectivity index (χ4n) is 1.78. The van der Waals surface area contributed by atoms with E-state index in [1.165, 1.54) is 0 Å². The van der Waals surface area contributed by atoms with E-state index in [1.807, 2.05) is 25.4 Å². The molecule has 0 aliphatic carbocycles. The minimum atomic E-state index is -0.916. The smallest absolute Gasteiger partial charge is 0.335 e. The molecular formula is C13H14N2O2S. The van der Waals surface area contributed by atoms with Gasteiger partial charge in [-0.1, -0.05) is 6.07 Å². The molecule has 5 heteroatoms. The third-order valence-electron chi connectivity index (χ3n) is 2.67. The Bertz CT molecular complexity index is 566. The van der Waals surface area contributed by atoms with Crippen molar-refractivity contribution in [2.45, 2.75) is 19.9 Å². The molecule has 0 fully saturated rings. The lowest BCUT2D eigenvalue weighted by atomic mass is 10.1. The van der Waals surface area contributed by atoms with Crippen LogP contribution in [0.1, 0.15) is 33.9 Å². The molecule has 0 saturated heterocycles. The molecule has 94 valence electrons. The number of nitrogens with one attached hydrogen (secondary N) is 1. The van der Waals surface area contributed by atoms with Gasteiger partial charge in [0.15, 0.2) is 0 Å². The molecule has 1 aromatic heterocycles. The second-order valence-electron chi connectivity index (χ2n) is 4.05. The van der Waals surface area contributed by atoms with Gasteiger partial charge in [0.05, 0.1) is 22.8 Å². The molecule has 4 nitrogen and oxygen atoms in total. The predicted octanol–water partition coefficient (Wildman–Crippen LogP) is 3.32. The van der Waals surface area contributed by atoms with Gasteiger partial charge in [0.1, 0.15) is 0 Å². The summed E-state index contributed by atoms with van der Waals surface area (Å²) in [4.78, 5) is 16.3. The first-order chi connectivity index (χ1) is 8.58. The van der Waals surface area contributed by atoms with Crippen LogP contribution < -0.4 is 5.32 Å². The minimum Gasteiger partial charge on any atom is -0.478 e. The van der Waals surface area contributed by atoms with E-state index in [1.54, 1.807) is 29.5 Å². The monoisotopic (exact) mass is 262 g/mol. The van der Waals surface area contributed by atoms with Crippen LogP contribution in [0.4, 0.5) is 5.69 Å². The first-order valence-electron chi connectivity index (χ1n) is 5.58. The van der Waals surface area contributed by atoms with Gasteiger partial charge in [0.2, 0.25) is 0 Å². The van der Waals surface area contributed by atoms with E-state index in [4.69, 9.17) is 5.11 Å². The Kier molecular flexibility index (Phi) is 3.62.